The maximum Gasteiger partial charge on any atom is 0.358 e. The number of nitrogens with one attached hydrogen (secondary N) is 2. The number of carboxylic acids is 1. The highest BCUT2D eigenvalue weighted by atomic mass is 16.7. The minimum atomic E-state index is -1.19. The summed E-state index contributed by atoms with van der Waals surface area (Å²) in [5, 5.41) is 15.0. The molecule has 47 heavy (non-hydrogen) atoms. The molecule has 0 aromatic carbocycles. The first-order valence-corrected chi connectivity index (χ1v) is 17.1. The molecule has 1 fully saturated rings. The van der Waals surface area contributed by atoms with Crippen molar-refractivity contribution in [2.24, 2.45) is 0 Å². The van der Waals surface area contributed by atoms with Crippen molar-refractivity contribution in [1.29, 1.82) is 0 Å². The first-order chi connectivity index (χ1) is 22.6. The summed E-state index contributed by atoms with van der Waals surface area (Å²) in [5.74, 6) is -3.66. The molecule has 3 N–H and O–H groups in total. The number of amides is 4. The summed E-state index contributed by atoms with van der Waals surface area (Å²) < 4.78 is 10.4. The number of hydroxylamine groups is 2. The van der Waals surface area contributed by atoms with Gasteiger partial charge in [-0.2, -0.15) is 0 Å². The number of imide groups is 1. The van der Waals surface area contributed by atoms with E-state index in [1.54, 1.807) is 6.92 Å². The normalized spacial score (nSPS) is 13.4. The van der Waals surface area contributed by atoms with E-state index in [1.807, 2.05) is 0 Å². The molecular weight excluding hydrogens is 614 g/mol. The van der Waals surface area contributed by atoms with Gasteiger partial charge in [0.25, 0.3) is 11.8 Å². The Balaban J connectivity index is 1.97. The van der Waals surface area contributed by atoms with E-state index in [-0.39, 0.29) is 76.1 Å². The minimum Gasteiger partial charge on any atom is -0.480 e. The van der Waals surface area contributed by atoms with E-state index >= 15 is 0 Å². The summed E-state index contributed by atoms with van der Waals surface area (Å²) in [6.07, 6.45) is 15.4. The highest BCUT2D eigenvalue weighted by molar-refractivity contribution is 6.01. The number of ketones is 1. The molecule has 1 aliphatic heterocycles. The molecule has 1 aliphatic rings. The zero-order chi connectivity index (χ0) is 34.7. The van der Waals surface area contributed by atoms with Crippen molar-refractivity contribution in [3.05, 3.63) is 0 Å². The van der Waals surface area contributed by atoms with Crippen LogP contribution < -0.4 is 10.6 Å². The molecule has 4 amide bonds. The number of unbranched alkanes of at least 4 members (excludes halogenated alkanes) is 12. The van der Waals surface area contributed by atoms with Crippen LogP contribution in [0.4, 0.5) is 0 Å². The van der Waals surface area contributed by atoms with Gasteiger partial charge in [-0.25, -0.2) is 9.59 Å². The maximum absolute atomic E-state index is 12.2. The van der Waals surface area contributed by atoms with Crippen molar-refractivity contribution in [1.82, 2.24) is 15.7 Å². The Bertz CT molecular complexity index is 973. The zero-order valence-electron chi connectivity index (χ0n) is 28.0. The number of rotatable bonds is 30. The molecular formula is C33H55N3O11. The van der Waals surface area contributed by atoms with E-state index in [4.69, 9.17) is 9.47 Å². The second-order valence-electron chi connectivity index (χ2n) is 11.9. The second-order valence-corrected chi connectivity index (χ2v) is 11.9. The predicted octanol–water partition coefficient (Wildman–Crippen LogP) is 3.53. The van der Waals surface area contributed by atoms with Crippen LogP contribution in [0.3, 0.4) is 0 Å². The van der Waals surface area contributed by atoms with Crippen LogP contribution in [-0.4, -0.2) is 90.5 Å². The van der Waals surface area contributed by atoms with E-state index in [2.05, 4.69) is 15.5 Å². The third-order valence-electron chi connectivity index (χ3n) is 7.59. The molecule has 14 heteroatoms. The highest BCUT2D eigenvalue weighted by Gasteiger charge is 2.32. The summed E-state index contributed by atoms with van der Waals surface area (Å²) in [7, 11) is 0. The summed E-state index contributed by atoms with van der Waals surface area (Å²) in [4.78, 5) is 85.9. The highest BCUT2D eigenvalue weighted by Crippen LogP contribution is 2.14. The van der Waals surface area contributed by atoms with Crippen LogP contribution in [-0.2, 0) is 47.9 Å². The smallest absolute Gasteiger partial charge is 0.358 e. The molecule has 0 spiro atoms. The summed E-state index contributed by atoms with van der Waals surface area (Å²) in [6.45, 7) is 1.66. The van der Waals surface area contributed by atoms with E-state index in [9.17, 15) is 38.7 Å². The molecule has 1 atom stereocenters. The number of aliphatic carboxylic acids is 1. The number of Topliss-reactive ketones (excluding diaryl/α,β-unsaturated/α-hetero) is 1. The molecule has 0 unspecified atom stereocenters. The van der Waals surface area contributed by atoms with Gasteiger partial charge in [-0.1, -0.05) is 70.6 Å². The number of nitrogens with zero attached hydrogens (tertiary/aromatic N) is 1. The van der Waals surface area contributed by atoms with Crippen molar-refractivity contribution in [3.63, 3.8) is 0 Å². The average Bonchev–Trinajstić information content (AvgIpc) is 3.34. The molecule has 0 aliphatic carbocycles. The van der Waals surface area contributed by atoms with Crippen molar-refractivity contribution in [3.8, 4) is 0 Å². The van der Waals surface area contributed by atoms with Gasteiger partial charge in [0.05, 0.1) is 19.8 Å². The zero-order valence-corrected chi connectivity index (χ0v) is 28.0. The molecule has 0 aromatic rings. The predicted molar refractivity (Wildman–Crippen MR) is 171 cm³/mol. The van der Waals surface area contributed by atoms with Crippen molar-refractivity contribution in [2.45, 2.75) is 135 Å². The summed E-state index contributed by atoms with van der Waals surface area (Å²) >= 11 is 0. The molecule has 0 saturated carbocycles. The topological polar surface area (TPSA) is 195 Å². The van der Waals surface area contributed by atoms with Crippen LogP contribution in [0, 0.1) is 0 Å². The molecule has 1 rings (SSSR count). The fourth-order valence-corrected chi connectivity index (χ4v) is 4.92. The lowest BCUT2D eigenvalue weighted by Gasteiger charge is -2.14. The molecule has 1 saturated heterocycles. The van der Waals surface area contributed by atoms with Crippen LogP contribution in [0.25, 0.3) is 0 Å². The number of hydrogen-bond donors (Lipinski definition) is 3. The largest absolute Gasteiger partial charge is 0.480 e. The van der Waals surface area contributed by atoms with Crippen molar-refractivity contribution in [2.75, 3.05) is 33.0 Å². The van der Waals surface area contributed by atoms with Gasteiger partial charge in [0, 0.05) is 38.6 Å². The van der Waals surface area contributed by atoms with E-state index in [0.29, 0.717) is 17.9 Å². The first-order valence-electron chi connectivity index (χ1n) is 17.1. The lowest BCUT2D eigenvalue weighted by molar-refractivity contribution is -0.200. The number of carbonyl (C=O) groups is 7. The van der Waals surface area contributed by atoms with Crippen LogP contribution in [0.5, 0.6) is 0 Å². The molecule has 0 radical (unpaired) electrons. The molecule has 0 bridgehead atoms. The number of carbonyl (C=O) groups excluding carboxylic acids is 6. The van der Waals surface area contributed by atoms with Crippen LogP contribution in [0.2, 0.25) is 0 Å². The standard InChI is InChI=1S/C33H55N3O11/c1-26(37)15-13-11-9-7-5-3-2-4-6-8-10-12-14-16-29(39)35-27(33(43)44)17-18-28(38)34-21-22-45-23-24-46-25-32(42)47-36-30(40)19-20-31(36)41/h27H,2-25H2,1H3,(H,34,38)(H,35,39)(H,43,44)/t27-/m0/s1. The molecule has 268 valence electrons. The van der Waals surface area contributed by atoms with Gasteiger partial charge < -0.3 is 34.8 Å². The van der Waals surface area contributed by atoms with Crippen LogP contribution in [0.1, 0.15) is 129 Å². The summed E-state index contributed by atoms with van der Waals surface area (Å²) in [5.41, 5.74) is 0. The Morgan fingerprint density at radius 3 is 1.74 bits per heavy atom. The fourth-order valence-electron chi connectivity index (χ4n) is 4.92. The lowest BCUT2D eigenvalue weighted by atomic mass is 10.0. The minimum absolute atomic E-state index is 0.00322. The van der Waals surface area contributed by atoms with Gasteiger partial charge in [0.1, 0.15) is 18.4 Å². The number of carboxylic acid groups (broad SMARTS) is 1. The van der Waals surface area contributed by atoms with Crippen molar-refractivity contribution >= 4 is 41.4 Å². The van der Waals surface area contributed by atoms with Crippen molar-refractivity contribution < 1.29 is 53.0 Å². The van der Waals surface area contributed by atoms with Gasteiger partial charge in [-0.3, -0.25) is 19.2 Å². The third kappa shape index (κ3) is 22.7. The fraction of sp³-hybridized carbons (Fsp3) is 0.788. The van der Waals surface area contributed by atoms with E-state index in [1.165, 1.54) is 44.9 Å². The van der Waals surface area contributed by atoms with E-state index < -0.39 is 36.4 Å². The van der Waals surface area contributed by atoms with Gasteiger partial charge in [-0.15, -0.1) is 5.06 Å². The third-order valence-corrected chi connectivity index (χ3v) is 7.59. The van der Waals surface area contributed by atoms with Gasteiger partial charge in [0.15, 0.2) is 0 Å². The maximum atomic E-state index is 12.2. The Hall–Kier alpha value is -3.39. The Labute approximate surface area is 277 Å². The second kappa shape index (κ2) is 26.7. The Kier molecular flexibility index (Phi) is 23.6. The van der Waals surface area contributed by atoms with Gasteiger partial charge >= 0.3 is 11.9 Å². The Morgan fingerprint density at radius 2 is 1.21 bits per heavy atom. The van der Waals surface area contributed by atoms with Gasteiger partial charge in [0.2, 0.25) is 11.8 Å². The molecule has 14 nitrogen and oxygen atoms in total. The van der Waals surface area contributed by atoms with Gasteiger partial charge in [-0.05, 0) is 26.2 Å². The molecule has 1 heterocycles. The SMILES string of the molecule is CC(=O)CCCCCCCCCCCCCCCC(=O)N[C@@H](CCC(=O)NCCOCCOCC(=O)ON1C(=O)CCC1=O)C(=O)O. The monoisotopic (exact) mass is 669 g/mol. The van der Waals surface area contributed by atoms with Crippen LogP contribution >= 0.6 is 0 Å². The number of hydrogen-bond acceptors (Lipinski definition) is 10. The van der Waals surface area contributed by atoms with E-state index in [0.717, 1.165) is 32.1 Å². The quantitative estimate of drug-likeness (QED) is 0.0748. The average molecular weight is 670 g/mol. The summed E-state index contributed by atoms with van der Waals surface area (Å²) in [6, 6.07) is -1.14. The first kappa shape index (κ1) is 41.6. The lowest BCUT2D eigenvalue weighted by Crippen LogP contribution is -2.41. The number of ether oxygens (including phenoxy) is 2. The Morgan fingerprint density at radius 1 is 0.702 bits per heavy atom. The molecule has 0 aromatic heterocycles. The van der Waals surface area contributed by atoms with Crippen LogP contribution in [0.15, 0.2) is 0 Å².